The molecular weight excluding hydrogens is 906 g/mol. The van der Waals surface area contributed by atoms with Crippen molar-refractivity contribution in [2.45, 2.75) is 187 Å². The zero-order chi connectivity index (χ0) is 53.2. The zero-order valence-corrected chi connectivity index (χ0v) is 48.4. The monoisotopic (exact) mass is 988 g/mol. The number of hydrogen-bond donors (Lipinski definition) is 0. The third-order valence-electron chi connectivity index (χ3n) is 19.6. The van der Waals surface area contributed by atoms with Gasteiger partial charge in [-0.3, -0.25) is 0 Å². The van der Waals surface area contributed by atoms with E-state index in [9.17, 15) is 0 Å². The van der Waals surface area contributed by atoms with Crippen LogP contribution < -0.4 is 31.1 Å². The van der Waals surface area contributed by atoms with Gasteiger partial charge in [-0.2, -0.15) is 0 Å². The fourth-order valence-electron chi connectivity index (χ4n) is 14.6. The first kappa shape index (κ1) is 49.9. The highest BCUT2D eigenvalue weighted by molar-refractivity contribution is 7.00. The van der Waals surface area contributed by atoms with Crippen LogP contribution in [0, 0.1) is 6.92 Å². The van der Waals surface area contributed by atoms with Crippen LogP contribution in [0.5, 0.6) is 0 Å². The van der Waals surface area contributed by atoms with Gasteiger partial charge in [0.2, 0.25) is 0 Å². The maximum absolute atomic E-state index is 2.91. The van der Waals surface area contributed by atoms with Gasteiger partial charge >= 0.3 is 0 Å². The normalized spacial score (nSPS) is 21.0. The van der Waals surface area contributed by atoms with Crippen molar-refractivity contribution in [3.63, 3.8) is 0 Å². The van der Waals surface area contributed by atoms with Crippen molar-refractivity contribution in [2.75, 3.05) is 14.7 Å². The van der Waals surface area contributed by atoms with Gasteiger partial charge in [0.05, 0.1) is 11.2 Å². The molecule has 0 saturated heterocycles. The van der Waals surface area contributed by atoms with Crippen molar-refractivity contribution in [1.29, 1.82) is 0 Å². The van der Waals surface area contributed by atoms with Crippen LogP contribution in [0.1, 0.15) is 181 Å². The van der Waals surface area contributed by atoms with E-state index < -0.39 is 0 Å². The summed E-state index contributed by atoms with van der Waals surface area (Å²) in [6.45, 7) is 38.7. The van der Waals surface area contributed by atoms with E-state index in [2.05, 4.69) is 259 Å². The molecule has 0 N–H and O–H groups in total. The Balaban J connectivity index is 1.20. The molecule has 2 unspecified atom stereocenters. The Morgan fingerprint density at radius 3 is 1.60 bits per heavy atom. The molecule has 7 aromatic rings. The Kier molecular flexibility index (Phi) is 11.0. The first-order chi connectivity index (χ1) is 35.2. The van der Waals surface area contributed by atoms with Crippen LogP contribution in [0.4, 0.5) is 45.5 Å². The molecule has 2 aliphatic carbocycles. The van der Waals surface area contributed by atoms with E-state index in [0.29, 0.717) is 0 Å². The second-order valence-corrected chi connectivity index (χ2v) is 28.6. The maximum Gasteiger partial charge on any atom is 0.252 e. The summed E-state index contributed by atoms with van der Waals surface area (Å²) in [6, 6.07) is 53.3. The minimum Gasteiger partial charge on any atom is -0.335 e. The SMILES string of the molecule is Cc1cc2c3c(c1)N1c4c(cc(C(C)(C)C)cc4C4(C)CCCCC14C)B3c1ccc(N(c3ccc(C(C)(C)C)cc3)c3ccc(C(C)(C)C)cc3)cc1N2c1cc2c(cc1-c1ccccc1)C(C)(C)CCC2(C)C. The lowest BCUT2D eigenvalue weighted by molar-refractivity contribution is 0.195. The van der Waals surface area contributed by atoms with E-state index in [-0.39, 0.29) is 44.7 Å². The number of aryl methyl sites for hydroxylation is 1. The molecule has 0 spiro atoms. The van der Waals surface area contributed by atoms with E-state index in [1.807, 2.05) is 0 Å². The maximum atomic E-state index is 2.91. The zero-order valence-electron chi connectivity index (χ0n) is 48.4. The summed E-state index contributed by atoms with van der Waals surface area (Å²) in [5.41, 5.74) is 27.0. The first-order valence-corrected chi connectivity index (χ1v) is 28.5. The van der Waals surface area contributed by atoms with Crippen LogP contribution in [0.25, 0.3) is 11.1 Å². The molecule has 3 nitrogen and oxygen atoms in total. The highest BCUT2D eigenvalue weighted by Crippen LogP contribution is 2.63. The standard InChI is InChI=1S/C71H82BN3/c1-45-38-61-63-62(39-45)75-64-56(70(15)34-20-21-35-71(70,75)16)40-49(67(8,9)10)41-58(64)72(63)57-33-32-52(73(50-28-24-47(25-29-50)65(2,3)4)51-30-26-48(27-31-51)66(5,6)7)42-60(57)74(61)59-44-55-54(68(11,12)36-37-69(55,13)14)43-53(59)46-22-18-17-19-23-46/h17-19,22-33,38-44H,20-21,34-37H2,1-16H3. The highest BCUT2D eigenvalue weighted by Gasteiger charge is 2.61. The number of fused-ring (bicyclic) bond motifs is 8. The van der Waals surface area contributed by atoms with Crippen LogP contribution in [-0.2, 0) is 32.5 Å². The summed E-state index contributed by atoms with van der Waals surface area (Å²) in [4.78, 5) is 8.17. The van der Waals surface area contributed by atoms with Gasteiger partial charge < -0.3 is 14.7 Å². The van der Waals surface area contributed by atoms with Gasteiger partial charge in [0.25, 0.3) is 6.71 Å². The third-order valence-corrected chi connectivity index (χ3v) is 19.6. The van der Waals surface area contributed by atoms with Gasteiger partial charge in [-0.1, -0.05) is 183 Å². The molecule has 4 heteroatoms. The largest absolute Gasteiger partial charge is 0.335 e. The minimum absolute atomic E-state index is 0.00731. The molecular formula is C71H82BN3. The fourth-order valence-corrected chi connectivity index (χ4v) is 14.6. The molecule has 12 rings (SSSR count). The van der Waals surface area contributed by atoms with Crippen molar-refractivity contribution in [1.82, 2.24) is 0 Å². The van der Waals surface area contributed by atoms with Gasteiger partial charge in [0.15, 0.2) is 0 Å². The van der Waals surface area contributed by atoms with Crippen LogP contribution >= 0.6 is 0 Å². The molecule has 0 amide bonds. The van der Waals surface area contributed by atoms with E-state index in [1.165, 1.54) is 121 Å². The summed E-state index contributed by atoms with van der Waals surface area (Å²) >= 11 is 0. The van der Waals surface area contributed by atoms with Crippen LogP contribution in [-0.4, -0.2) is 12.3 Å². The predicted molar refractivity (Wildman–Crippen MR) is 325 cm³/mol. The lowest BCUT2D eigenvalue weighted by atomic mass is 9.33. The lowest BCUT2D eigenvalue weighted by Crippen LogP contribution is -2.64. The summed E-state index contributed by atoms with van der Waals surface area (Å²) in [7, 11) is 0. The number of hydrogen-bond acceptors (Lipinski definition) is 3. The molecule has 0 aromatic heterocycles. The Bertz CT molecular complexity index is 3370. The molecule has 75 heavy (non-hydrogen) atoms. The lowest BCUT2D eigenvalue weighted by Gasteiger charge is -2.53. The molecule has 5 aliphatic rings. The quantitative estimate of drug-likeness (QED) is 0.159. The Hall–Kier alpha value is -6.00. The van der Waals surface area contributed by atoms with Crippen molar-refractivity contribution in [3.05, 3.63) is 172 Å². The molecule has 3 aliphatic heterocycles. The van der Waals surface area contributed by atoms with Crippen molar-refractivity contribution in [3.8, 4) is 11.1 Å². The highest BCUT2D eigenvalue weighted by atomic mass is 15.3. The summed E-state index contributed by atoms with van der Waals surface area (Å²) in [6.07, 6.45) is 7.22. The van der Waals surface area contributed by atoms with Gasteiger partial charge in [0, 0.05) is 50.8 Å². The van der Waals surface area contributed by atoms with Gasteiger partial charge in [0.1, 0.15) is 0 Å². The predicted octanol–water partition coefficient (Wildman–Crippen LogP) is 17.7. The van der Waals surface area contributed by atoms with Gasteiger partial charge in [-0.15, -0.1) is 0 Å². The average Bonchev–Trinajstić information content (AvgIpc) is 3.63. The number of benzene rings is 7. The second-order valence-electron chi connectivity index (χ2n) is 28.6. The number of anilines is 8. The Labute approximate surface area is 451 Å². The number of rotatable bonds is 5. The van der Waals surface area contributed by atoms with E-state index >= 15 is 0 Å². The van der Waals surface area contributed by atoms with E-state index in [0.717, 1.165) is 23.5 Å². The van der Waals surface area contributed by atoms with Crippen LogP contribution in [0.15, 0.2) is 133 Å². The summed E-state index contributed by atoms with van der Waals surface area (Å²) in [5, 5.41) is 0. The second kappa shape index (κ2) is 16.5. The minimum atomic E-state index is -0.0669. The molecule has 7 aromatic carbocycles. The summed E-state index contributed by atoms with van der Waals surface area (Å²) < 4.78 is 0. The number of nitrogens with zero attached hydrogens (tertiary/aromatic N) is 3. The molecule has 3 heterocycles. The summed E-state index contributed by atoms with van der Waals surface area (Å²) in [5.74, 6) is 0. The molecule has 1 fully saturated rings. The molecule has 1 saturated carbocycles. The van der Waals surface area contributed by atoms with Crippen LogP contribution in [0.2, 0.25) is 0 Å². The third kappa shape index (κ3) is 7.56. The van der Waals surface area contributed by atoms with Crippen LogP contribution in [0.3, 0.4) is 0 Å². The molecule has 0 bridgehead atoms. The average molecular weight is 988 g/mol. The van der Waals surface area contributed by atoms with Crippen molar-refractivity contribution >= 4 is 68.6 Å². The smallest absolute Gasteiger partial charge is 0.252 e. The van der Waals surface area contributed by atoms with Gasteiger partial charge in [-0.05, 0) is 188 Å². The topological polar surface area (TPSA) is 9.72 Å². The van der Waals surface area contributed by atoms with Crippen molar-refractivity contribution in [2.24, 2.45) is 0 Å². The fraction of sp³-hybridized carbons (Fsp3) is 0.408. The molecule has 0 radical (unpaired) electrons. The molecule has 2 atom stereocenters. The van der Waals surface area contributed by atoms with Crippen molar-refractivity contribution < 1.29 is 0 Å². The Morgan fingerprint density at radius 2 is 1.01 bits per heavy atom. The Morgan fingerprint density at radius 1 is 0.467 bits per heavy atom. The molecule has 384 valence electrons. The van der Waals surface area contributed by atoms with E-state index in [1.54, 1.807) is 5.56 Å². The first-order valence-electron chi connectivity index (χ1n) is 28.5. The van der Waals surface area contributed by atoms with Gasteiger partial charge in [-0.25, -0.2) is 0 Å². The van der Waals surface area contributed by atoms with E-state index in [4.69, 9.17) is 0 Å².